The van der Waals surface area contributed by atoms with Crippen molar-refractivity contribution in [1.29, 1.82) is 0 Å². The highest BCUT2D eigenvalue weighted by atomic mass is 35.5. The van der Waals surface area contributed by atoms with Gasteiger partial charge < -0.3 is 5.32 Å². The summed E-state index contributed by atoms with van der Waals surface area (Å²) in [6.07, 6.45) is 0.458. The van der Waals surface area contributed by atoms with Crippen LogP contribution in [-0.4, -0.2) is 17.8 Å². The molecule has 0 aliphatic heterocycles. The number of benzene rings is 1. The van der Waals surface area contributed by atoms with Gasteiger partial charge in [-0.3, -0.25) is 4.79 Å². The highest BCUT2D eigenvalue weighted by molar-refractivity contribution is 6.20. The van der Waals surface area contributed by atoms with E-state index in [1.54, 1.807) is 0 Å². The Morgan fingerprint density at radius 2 is 1.89 bits per heavy atom. The molecule has 0 aromatic heterocycles. The second-order valence-electron chi connectivity index (χ2n) is 4.91. The van der Waals surface area contributed by atoms with Gasteiger partial charge in [0.1, 0.15) is 11.6 Å². The van der Waals surface area contributed by atoms with Crippen LogP contribution in [0.25, 0.3) is 0 Å². The van der Waals surface area contributed by atoms with E-state index in [1.807, 2.05) is 13.8 Å². The van der Waals surface area contributed by atoms with Gasteiger partial charge in [-0.2, -0.15) is 0 Å². The minimum Gasteiger partial charge on any atom is -0.354 e. The molecule has 106 valence electrons. The van der Waals surface area contributed by atoms with Crippen molar-refractivity contribution in [2.45, 2.75) is 32.1 Å². The van der Waals surface area contributed by atoms with Gasteiger partial charge in [-0.15, -0.1) is 11.6 Å². The standard InChI is InChI=1S/C14H18ClF2NO/c1-9(2)6-10(15)8-18-14(19)7-11-12(16)4-3-5-13(11)17/h3-5,9-10H,6-8H2,1-2H3,(H,18,19). The van der Waals surface area contributed by atoms with Crippen LogP contribution >= 0.6 is 11.6 Å². The third-order valence-corrected chi connectivity index (χ3v) is 2.98. The number of carbonyl (C=O) groups excluding carboxylic acids is 1. The van der Waals surface area contributed by atoms with Crippen LogP contribution in [-0.2, 0) is 11.2 Å². The van der Waals surface area contributed by atoms with Gasteiger partial charge >= 0.3 is 0 Å². The zero-order valence-electron chi connectivity index (χ0n) is 11.1. The van der Waals surface area contributed by atoms with Crippen molar-refractivity contribution in [3.8, 4) is 0 Å². The molecule has 0 fully saturated rings. The Balaban J connectivity index is 2.48. The fourth-order valence-electron chi connectivity index (χ4n) is 1.74. The first kappa shape index (κ1) is 15.9. The second-order valence-corrected chi connectivity index (χ2v) is 5.53. The number of hydrogen-bond donors (Lipinski definition) is 1. The third kappa shape index (κ3) is 5.55. The molecule has 0 bridgehead atoms. The maximum atomic E-state index is 13.3. The molecule has 0 aliphatic carbocycles. The predicted octanol–water partition coefficient (Wildman–Crippen LogP) is 3.28. The van der Waals surface area contributed by atoms with Gasteiger partial charge in [-0.1, -0.05) is 19.9 Å². The molecular weight excluding hydrogens is 272 g/mol. The maximum Gasteiger partial charge on any atom is 0.224 e. The van der Waals surface area contributed by atoms with E-state index in [2.05, 4.69) is 5.32 Å². The number of hydrogen-bond acceptors (Lipinski definition) is 1. The molecule has 0 radical (unpaired) electrons. The highest BCUT2D eigenvalue weighted by Crippen LogP contribution is 2.13. The van der Waals surface area contributed by atoms with Crippen molar-refractivity contribution >= 4 is 17.5 Å². The van der Waals surface area contributed by atoms with Crippen LogP contribution in [0.5, 0.6) is 0 Å². The van der Waals surface area contributed by atoms with E-state index in [1.165, 1.54) is 6.07 Å². The van der Waals surface area contributed by atoms with Crippen LogP contribution in [0.2, 0.25) is 0 Å². The summed E-state index contributed by atoms with van der Waals surface area (Å²) in [6, 6.07) is 3.53. The summed E-state index contributed by atoms with van der Waals surface area (Å²) >= 11 is 6.02. The summed E-state index contributed by atoms with van der Waals surface area (Å²) in [6.45, 7) is 4.37. The SMILES string of the molecule is CC(C)CC(Cl)CNC(=O)Cc1c(F)cccc1F. The first-order chi connectivity index (χ1) is 8.90. The first-order valence-corrected chi connectivity index (χ1v) is 6.67. The minimum absolute atomic E-state index is 0.172. The lowest BCUT2D eigenvalue weighted by molar-refractivity contribution is -0.120. The van der Waals surface area contributed by atoms with Crippen LogP contribution < -0.4 is 5.32 Å². The zero-order valence-corrected chi connectivity index (χ0v) is 11.8. The lowest BCUT2D eigenvalue weighted by Crippen LogP contribution is -2.32. The summed E-state index contributed by atoms with van der Waals surface area (Å²) < 4.78 is 26.7. The fourth-order valence-corrected chi connectivity index (χ4v) is 2.18. The fraction of sp³-hybridized carbons (Fsp3) is 0.500. The van der Waals surface area contributed by atoms with Crippen LogP contribution in [0, 0.1) is 17.6 Å². The van der Waals surface area contributed by atoms with Crippen molar-refractivity contribution < 1.29 is 13.6 Å². The molecule has 0 heterocycles. The zero-order chi connectivity index (χ0) is 14.4. The molecule has 1 aromatic rings. The molecule has 5 heteroatoms. The average Bonchev–Trinajstić information content (AvgIpc) is 2.30. The summed E-state index contributed by atoms with van der Waals surface area (Å²) in [4.78, 5) is 11.6. The van der Waals surface area contributed by atoms with Gasteiger partial charge in [-0.25, -0.2) is 8.78 Å². The van der Waals surface area contributed by atoms with Gasteiger partial charge in [0.25, 0.3) is 0 Å². The van der Waals surface area contributed by atoms with E-state index in [0.717, 1.165) is 18.6 Å². The topological polar surface area (TPSA) is 29.1 Å². The normalized spacial score (nSPS) is 12.5. The number of halogens is 3. The Morgan fingerprint density at radius 3 is 2.42 bits per heavy atom. The first-order valence-electron chi connectivity index (χ1n) is 6.23. The molecule has 19 heavy (non-hydrogen) atoms. The quantitative estimate of drug-likeness (QED) is 0.800. The molecule has 0 saturated carbocycles. The predicted molar refractivity (Wildman–Crippen MR) is 72.2 cm³/mol. The third-order valence-electron chi connectivity index (χ3n) is 2.65. The van der Waals surface area contributed by atoms with Gasteiger partial charge in [0.05, 0.1) is 11.8 Å². The Morgan fingerprint density at radius 1 is 1.32 bits per heavy atom. The molecule has 1 N–H and O–H groups in total. The summed E-state index contributed by atoms with van der Waals surface area (Å²) in [5, 5.41) is 2.41. The average molecular weight is 290 g/mol. The van der Waals surface area contributed by atoms with E-state index < -0.39 is 17.5 Å². The highest BCUT2D eigenvalue weighted by Gasteiger charge is 2.14. The number of amides is 1. The lowest BCUT2D eigenvalue weighted by atomic mass is 10.1. The van der Waals surface area contributed by atoms with E-state index in [0.29, 0.717) is 12.5 Å². The van der Waals surface area contributed by atoms with Gasteiger partial charge in [0, 0.05) is 12.1 Å². The Labute approximate surface area is 117 Å². The molecule has 1 unspecified atom stereocenters. The van der Waals surface area contributed by atoms with E-state index in [-0.39, 0.29) is 17.4 Å². The Kier molecular flexibility index (Phi) is 6.22. The van der Waals surface area contributed by atoms with E-state index in [9.17, 15) is 13.6 Å². The van der Waals surface area contributed by atoms with Crippen LogP contribution in [0.1, 0.15) is 25.8 Å². The number of nitrogens with one attached hydrogen (secondary N) is 1. The smallest absolute Gasteiger partial charge is 0.224 e. The largest absolute Gasteiger partial charge is 0.354 e. The summed E-state index contributed by atoms with van der Waals surface area (Å²) in [5.74, 6) is -1.42. The Hall–Kier alpha value is -1.16. The summed E-state index contributed by atoms with van der Waals surface area (Å²) in [5.41, 5.74) is -0.213. The summed E-state index contributed by atoms with van der Waals surface area (Å²) in [7, 11) is 0. The van der Waals surface area contributed by atoms with Crippen LogP contribution in [0.4, 0.5) is 8.78 Å². The lowest BCUT2D eigenvalue weighted by Gasteiger charge is -2.13. The molecule has 0 saturated heterocycles. The Bertz CT molecular complexity index is 417. The van der Waals surface area contributed by atoms with Crippen molar-refractivity contribution in [2.75, 3.05) is 6.54 Å². The maximum absolute atomic E-state index is 13.3. The molecule has 0 spiro atoms. The molecule has 0 aliphatic rings. The minimum atomic E-state index is -0.709. The van der Waals surface area contributed by atoms with Crippen molar-refractivity contribution in [1.82, 2.24) is 5.32 Å². The monoisotopic (exact) mass is 289 g/mol. The van der Waals surface area contributed by atoms with Gasteiger partial charge in [0.15, 0.2) is 0 Å². The molecular formula is C14H18ClF2NO. The molecule has 1 atom stereocenters. The number of carbonyl (C=O) groups is 1. The van der Waals surface area contributed by atoms with Gasteiger partial charge in [0.2, 0.25) is 5.91 Å². The number of rotatable bonds is 6. The van der Waals surface area contributed by atoms with Crippen molar-refractivity contribution in [2.24, 2.45) is 5.92 Å². The van der Waals surface area contributed by atoms with Crippen molar-refractivity contribution in [3.05, 3.63) is 35.4 Å². The molecule has 1 rings (SSSR count). The van der Waals surface area contributed by atoms with E-state index in [4.69, 9.17) is 11.6 Å². The second kappa shape index (κ2) is 7.43. The number of alkyl halides is 1. The molecule has 1 amide bonds. The van der Waals surface area contributed by atoms with Crippen molar-refractivity contribution in [3.63, 3.8) is 0 Å². The van der Waals surface area contributed by atoms with Gasteiger partial charge in [-0.05, 0) is 24.5 Å². The molecule has 1 aromatic carbocycles. The van der Waals surface area contributed by atoms with E-state index >= 15 is 0 Å². The molecule has 2 nitrogen and oxygen atoms in total. The van der Waals surface area contributed by atoms with Crippen LogP contribution in [0.15, 0.2) is 18.2 Å². The van der Waals surface area contributed by atoms with Crippen LogP contribution in [0.3, 0.4) is 0 Å².